The van der Waals surface area contributed by atoms with Crippen molar-refractivity contribution in [3.8, 4) is 17.1 Å². The van der Waals surface area contributed by atoms with Crippen LogP contribution >= 0.6 is 0 Å². The third kappa shape index (κ3) is 2.33. The third-order valence-electron chi connectivity index (χ3n) is 4.41. The highest BCUT2D eigenvalue weighted by molar-refractivity contribution is 5.90. The minimum absolute atomic E-state index is 0.567. The fourth-order valence-electron chi connectivity index (χ4n) is 3.19. The van der Waals surface area contributed by atoms with Crippen LogP contribution in [-0.4, -0.2) is 33.3 Å². The van der Waals surface area contributed by atoms with Crippen molar-refractivity contribution in [2.75, 3.05) is 23.8 Å². The number of H-pyrrole nitrogens is 1. The van der Waals surface area contributed by atoms with Crippen LogP contribution in [0.15, 0.2) is 54.7 Å². The quantitative estimate of drug-likeness (QED) is 0.543. The summed E-state index contributed by atoms with van der Waals surface area (Å²) >= 11 is 0. The van der Waals surface area contributed by atoms with Crippen LogP contribution in [0.4, 0.5) is 17.2 Å². The molecule has 0 bridgehead atoms. The number of ether oxygens (including phenoxy) is 1. The number of nitrogen functional groups attached to an aromatic ring is 1. The van der Waals surface area contributed by atoms with Crippen LogP contribution in [0.3, 0.4) is 0 Å². The summed E-state index contributed by atoms with van der Waals surface area (Å²) in [5.74, 6) is 2.21. The summed E-state index contributed by atoms with van der Waals surface area (Å²) in [6, 6.07) is 15.5. The molecule has 2 aromatic carbocycles. The third-order valence-corrected chi connectivity index (χ3v) is 4.41. The van der Waals surface area contributed by atoms with E-state index in [2.05, 4.69) is 20.1 Å². The lowest BCUT2D eigenvalue weighted by atomic mass is 10.2. The van der Waals surface area contributed by atoms with Crippen molar-refractivity contribution in [3.63, 3.8) is 0 Å². The largest absolute Gasteiger partial charge is 0.490 e. The second-order valence-electron chi connectivity index (χ2n) is 6.09. The summed E-state index contributed by atoms with van der Waals surface area (Å²) < 4.78 is 5.77. The van der Waals surface area contributed by atoms with E-state index >= 15 is 0 Å². The van der Waals surface area contributed by atoms with E-state index in [1.54, 1.807) is 6.20 Å². The first kappa shape index (κ1) is 14.7. The second-order valence-corrected chi connectivity index (χ2v) is 6.09. The van der Waals surface area contributed by atoms with E-state index in [0.717, 1.165) is 33.9 Å². The van der Waals surface area contributed by atoms with E-state index < -0.39 is 0 Å². The van der Waals surface area contributed by atoms with Gasteiger partial charge in [-0.05, 0) is 18.2 Å². The zero-order valence-corrected chi connectivity index (χ0v) is 13.9. The molecule has 3 heterocycles. The number of nitrogens with zero attached hydrogens (tertiary/aromatic N) is 4. The highest BCUT2D eigenvalue weighted by atomic mass is 16.5. The van der Waals surface area contributed by atoms with Crippen molar-refractivity contribution in [2.24, 2.45) is 0 Å². The summed E-state index contributed by atoms with van der Waals surface area (Å²) in [6.07, 6.45) is 1.72. The zero-order chi connectivity index (χ0) is 17.5. The molecule has 0 amide bonds. The van der Waals surface area contributed by atoms with Gasteiger partial charge in [-0.2, -0.15) is 5.10 Å². The molecule has 0 atom stereocenters. The van der Waals surface area contributed by atoms with Gasteiger partial charge in [-0.1, -0.05) is 30.3 Å². The first-order valence-electron chi connectivity index (χ1n) is 8.36. The molecule has 0 saturated carbocycles. The Labute approximate surface area is 149 Å². The van der Waals surface area contributed by atoms with Crippen LogP contribution < -0.4 is 15.4 Å². The summed E-state index contributed by atoms with van der Waals surface area (Å²) in [6.45, 7) is 1.23. The Morgan fingerprint density at radius 3 is 2.85 bits per heavy atom. The van der Waals surface area contributed by atoms with Gasteiger partial charge in [-0.25, -0.2) is 9.97 Å². The molecule has 0 aliphatic carbocycles. The van der Waals surface area contributed by atoms with Crippen LogP contribution in [0.5, 0.6) is 5.75 Å². The van der Waals surface area contributed by atoms with E-state index in [-0.39, 0.29) is 0 Å². The molecule has 0 spiro atoms. The Hall–Kier alpha value is -3.61. The van der Waals surface area contributed by atoms with Crippen molar-refractivity contribution < 1.29 is 4.74 Å². The molecule has 2 aromatic heterocycles. The number of aromatic nitrogens is 4. The van der Waals surface area contributed by atoms with Gasteiger partial charge in [0, 0.05) is 11.3 Å². The average Bonchev–Trinajstić information content (AvgIpc) is 3.16. The summed E-state index contributed by atoms with van der Waals surface area (Å²) in [5, 5.41) is 7.18. The molecule has 128 valence electrons. The van der Waals surface area contributed by atoms with Gasteiger partial charge >= 0.3 is 0 Å². The molecule has 7 heteroatoms. The molecule has 4 aromatic rings. The van der Waals surface area contributed by atoms with E-state index in [0.29, 0.717) is 24.7 Å². The normalized spacial score (nSPS) is 13.5. The van der Waals surface area contributed by atoms with Crippen LogP contribution in [-0.2, 0) is 0 Å². The summed E-state index contributed by atoms with van der Waals surface area (Å²) in [5.41, 5.74) is 10.1. The van der Waals surface area contributed by atoms with Gasteiger partial charge in [-0.3, -0.25) is 5.10 Å². The SMILES string of the molecule is Nc1ccc2c(c1)N(c1nc(-c3ccccc3)nc3cn[nH]c13)CCO2. The Kier molecular flexibility index (Phi) is 3.24. The Morgan fingerprint density at radius 1 is 1.08 bits per heavy atom. The molecule has 0 saturated heterocycles. The lowest BCUT2D eigenvalue weighted by Gasteiger charge is -2.31. The standard InChI is InChI=1S/C19H16N6O/c20-13-6-7-16-15(10-13)25(8-9-26-16)19-17-14(11-21-24-17)22-18(23-19)12-4-2-1-3-5-12/h1-7,10-11H,8-9,20H2,(H,21,24). The van der Waals surface area contributed by atoms with Gasteiger partial charge in [-0.15, -0.1) is 0 Å². The minimum atomic E-state index is 0.567. The molecule has 26 heavy (non-hydrogen) atoms. The molecule has 1 aliphatic heterocycles. The van der Waals surface area contributed by atoms with Gasteiger partial charge in [0.15, 0.2) is 11.6 Å². The zero-order valence-electron chi connectivity index (χ0n) is 13.9. The van der Waals surface area contributed by atoms with Crippen molar-refractivity contribution in [1.29, 1.82) is 0 Å². The molecule has 0 radical (unpaired) electrons. The minimum Gasteiger partial charge on any atom is -0.490 e. The fraction of sp³-hybridized carbons (Fsp3) is 0.105. The number of hydrogen-bond donors (Lipinski definition) is 2. The number of aromatic amines is 1. The smallest absolute Gasteiger partial charge is 0.163 e. The highest BCUT2D eigenvalue weighted by Gasteiger charge is 2.24. The van der Waals surface area contributed by atoms with Gasteiger partial charge in [0.2, 0.25) is 0 Å². The Bertz CT molecular complexity index is 1090. The second kappa shape index (κ2) is 5.73. The summed E-state index contributed by atoms with van der Waals surface area (Å²) in [7, 11) is 0. The molecule has 0 fully saturated rings. The maximum absolute atomic E-state index is 6.00. The average molecular weight is 344 g/mol. The Balaban J connectivity index is 1.73. The molecular formula is C19H16N6O. The maximum Gasteiger partial charge on any atom is 0.163 e. The van der Waals surface area contributed by atoms with Crippen molar-refractivity contribution >= 4 is 28.2 Å². The number of benzene rings is 2. The number of nitrogens with one attached hydrogen (secondary N) is 1. The number of anilines is 3. The first-order valence-corrected chi connectivity index (χ1v) is 8.36. The predicted molar refractivity (Wildman–Crippen MR) is 100 cm³/mol. The maximum atomic E-state index is 6.00. The predicted octanol–water partition coefficient (Wildman–Crippen LogP) is 3.13. The van der Waals surface area contributed by atoms with Crippen LogP contribution in [0.25, 0.3) is 22.4 Å². The molecule has 7 nitrogen and oxygen atoms in total. The van der Waals surface area contributed by atoms with Crippen molar-refractivity contribution in [2.45, 2.75) is 0 Å². The van der Waals surface area contributed by atoms with E-state index in [1.165, 1.54) is 0 Å². The summed E-state index contributed by atoms with van der Waals surface area (Å²) in [4.78, 5) is 11.6. The van der Waals surface area contributed by atoms with Gasteiger partial charge in [0.1, 0.15) is 23.4 Å². The van der Waals surface area contributed by atoms with Crippen molar-refractivity contribution in [3.05, 3.63) is 54.7 Å². The molecule has 5 rings (SSSR count). The number of hydrogen-bond acceptors (Lipinski definition) is 6. The number of fused-ring (bicyclic) bond motifs is 2. The van der Waals surface area contributed by atoms with Crippen LogP contribution in [0.2, 0.25) is 0 Å². The van der Waals surface area contributed by atoms with Gasteiger partial charge < -0.3 is 15.4 Å². The van der Waals surface area contributed by atoms with Gasteiger partial charge in [0.25, 0.3) is 0 Å². The monoisotopic (exact) mass is 344 g/mol. The van der Waals surface area contributed by atoms with Gasteiger partial charge in [0.05, 0.1) is 18.4 Å². The highest BCUT2D eigenvalue weighted by Crippen LogP contribution is 2.39. The fourth-order valence-corrected chi connectivity index (χ4v) is 3.19. The van der Waals surface area contributed by atoms with Crippen LogP contribution in [0, 0.1) is 0 Å². The topological polar surface area (TPSA) is 93.0 Å². The molecule has 3 N–H and O–H groups in total. The molecule has 1 aliphatic rings. The Morgan fingerprint density at radius 2 is 1.96 bits per heavy atom. The number of nitrogens with two attached hydrogens (primary N) is 1. The molecular weight excluding hydrogens is 328 g/mol. The molecule has 0 unspecified atom stereocenters. The van der Waals surface area contributed by atoms with Crippen molar-refractivity contribution in [1.82, 2.24) is 20.2 Å². The first-order chi connectivity index (χ1) is 12.8. The van der Waals surface area contributed by atoms with Crippen LogP contribution in [0.1, 0.15) is 0 Å². The van der Waals surface area contributed by atoms with E-state index in [4.69, 9.17) is 15.5 Å². The lowest BCUT2D eigenvalue weighted by Crippen LogP contribution is -2.29. The van der Waals surface area contributed by atoms with E-state index in [9.17, 15) is 0 Å². The number of rotatable bonds is 2. The lowest BCUT2D eigenvalue weighted by molar-refractivity contribution is 0.314. The van der Waals surface area contributed by atoms with E-state index in [1.807, 2.05) is 48.5 Å².